The fourth-order valence-corrected chi connectivity index (χ4v) is 2.89. The molecule has 0 unspecified atom stereocenters. The molecule has 1 amide bonds. The molecule has 0 saturated carbocycles. The Hall–Kier alpha value is -1.35. The summed E-state index contributed by atoms with van der Waals surface area (Å²) in [5.41, 5.74) is 2.29. The zero-order valence-electron chi connectivity index (χ0n) is 13.2. The number of piperidine rings is 1. The van der Waals surface area contributed by atoms with Crippen LogP contribution in [0.25, 0.3) is 0 Å². The molecule has 2 rings (SSSR count). The summed E-state index contributed by atoms with van der Waals surface area (Å²) in [5.74, 6) is 0.695. The van der Waals surface area contributed by atoms with E-state index in [-0.39, 0.29) is 5.91 Å². The predicted molar refractivity (Wildman–Crippen MR) is 88.5 cm³/mol. The molecule has 0 bridgehead atoms. The van der Waals surface area contributed by atoms with Gasteiger partial charge < -0.3 is 10.6 Å². The second-order valence-corrected chi connectivity index (χ2v) is 6.10. The number of anilines is 1. The maximum Gasteiger partial charge on any atom is 0.224 e. The molecule has 0 aromatic heterocycles. The molecular formula is C18H28N2O. The summed E-state index contributed by atoms with van der Waals surface area (Å²) >= 11 is 0. The van der Waals surface area contributed by atoms with Crippen LogP contribution in [0.15, 0.2) is 24.3 Å². The van der Waals surface area contributed by atoms with Crippen LogP contribution in [-0.2, 0) is 11.2 Å². The van der Waals surface area contributed by atoms with Gasteiger partial charge in [0, 0.05) is 12.1 Å². The number of hydrogen-bond acceptors (Lipinski definition) is 2. The van der Waals surface area contributed by atoms with Gasteiger partial charge in [-0.15, -0.1) is 0 Å². The number of rotatable bonds is 7. The molecule has 1 aromatic rings. The van der Waals surface area contributed by atoms with Gasteiger partial charge >= 0.3 is 0 Å². The van der Waals surface area contributed by atoms with Crippen LogP contribution in [0.3, 0.4) is 0 Å². The Bertz CT molecular complexity index is 421. The topological polar surface area (TPSA) is 41.1 Å². The number of carbonyl (C=O) groups excluding carboxylic acids is 1. The molecule has 3 heteroatoms. The number of carbonyl (C=O) groups is 1. The van der Waals surface area contributed by atoms with E-state index in [1.54, 1.807) is 0 Å². The lowest BCUT2D eigenvalue weighted by molar-refractivity contribution is -0.117. The molecule has 0 spiro atoms. The molecule has 21 heavy (non-hydrogen) atoms. The van der Waals surface area contributed by atoms with Crippen molar-refractivity contribution < 1.29 is 4.79 Å². The van der Waals surface area contributed by atoms with Crippen LogP contribution >= 0.6 is 0 Å². The summed E-state index contributed by atoms with van der Waals surface area (Å²) in [6, 6.07) is 8.33. The Kier molecular flexibility index (Phi) is 6.74. The standard InChI is InChI=1S/C18H28N2O/c1-2-3-4-5-15-6-8-17(9-7-15)20-18(21)14-16-10-12-19-13-11-16/h6-9,16,19H,2-5,10-14H2,1H3,(H,20,21). The van der Waals surface area contributed by atoms with Gasteiger partial charge in [0.25, 0.3) is 0 Å². The van der Waals surface area contributed by atoms with Crippen molar-refractivity contribution in [2.24, 2.45) is 5.92 Å². The van der Waals surface area contributed by atoms with E-state index in [0.29, 0.717) is 12.3 Å². The van der Waals surface area contributed by atoms with Crippen molar-refractivity contribution in [1.82, 2.24) is 5.32 Å². The number of nitrogens with one attached hydrogen (secondary N) is 2. The van der Waals surface area contributed by atoms with Gasteiger partial charge in [0.2, 0.25) is 5.91 Å². The average molecular weight is 288 g/mol. The second kappa shape index (κ2) is 8.83. The first kappa shape index (κ1) is 16.0. The molecule has 3 nitrogen and oxygen atoms in total. The SMILES string of the molecule is CCCCCc1ccc(NC(=O)CC2CCNCC2)cc1. The van der Waals surface area contributed by atoms with Crippen molar-refractivity contribution in [3.63, 3.8) is 0 Å². The average Bonchev–Trinajstić information content (AvgIpc) is 2.50. The van der Waals surface area contributed by atoms with E-state index >= 15 is 0 Å². The van der Waals surface area contributed by atoms with Crippen LogP contribution in [0.5, 0.6) is 0 Å². The van der Waals surface area contributed by atoms with Crippen LogP contribution < -0.4 is 10.6 Å². The van der Waals surface area contributed by atoms with E-state index in [0.717, 1.165) is 38.0 Å². The van der Waals surface area contributed by atoms with Gasteiger partial charge in [-0.2, -0.15) is 0 Å². The van der Waals surface area contributed by atoms with Crippen LogP contribution in [0, 0.1) is 5.92 Å². The highest BCUT2D eigenvalue weighted by atomic mass is 16.1. The van der Waals surface area contributed by atoms with Crippen molar-refractivity contribution in [2.45, 2.75) is 51.9 Å². The number of benzene rings is 1. The largest absolute Gasteiger partial charge is 0.326 e. The summed E-state index contributed by atoms with van der Waals surface area (Å²) in [7, 11) is 0. The molecule has 1 aliphatic heterocycles. The summed E-state index contributed by atoms with van der Waals surface area (Å²) < 4.78 is 0. The second-order valence-electron chi connectivity index (χ2n) is 6.10. The lowest BCUT2D eigenvalue weighted by Crippen LogP contribution is -2.30. The molecule has 0 radical (unpaired) electrons. The molecule has 116 valence electrons. The summed E-state index contributed by atoms with van der Waals surface area (Å²) in [4.78, 5) is 12.0. The van der Waals surface area contributed by atoms with E-state index in [2.05, 4.69) is 29.7 Å². The molecule has 1 heterocycles. The number of aryl methyl sites for hydroxylation is 1. The Morgan fingerprint density at radius 2 is 1.90 bits per heavy atom. The highest BCUT2D eigenvalue weighted by molar-refractivity contribution is 5.90. The number of unbranched alkanes of at least 4 members (excludes halogenated alkanes) is 2. The van der Waals surface area contributed by atoms with E-state index in [4.69, 9.17) is 0 Å². The van der Waals surface area contributed by atoms with Gasteiger partial charge in [-0.05, 0) is 62.4 Å². The monoisotopic (exact) mass is 288 g/mol. The fourth-order valence-electron chi connectivity index (χ4n) is 2.89. The molecule has 2 N–H and O–H groups in total. The third-order valence-electron chi connectivity index (χ3n) is 4.24. The summed E-state index contributed by atoms with van der Waals surface area (Å²) in [5, 5.41) is 6.36. The molecule has 1 saturated heterocycles. The molecule has 1 aliphatic rings. The number of hydrogen-bond donors (Lipinski definition) is 2. The Morgan fingerprint density at radius 3 is 2.57 bits per heavy atom. The van der Waals surface area contributed by atoms with Crippen LogP contribution in [0.4, 0.5) is 5.69 Å². The van der Waals surface area contributed by atoms with E-state index < -0.39 is 0 Å². The third kappa shape index (κ3) is 5.88. The molecule has 0 atom stereocenters. The minimum absolute atomic E-state index is 0.153. The normalized spacial score (nSPS) is 15.9. The molecule has 1 fully saturated rings. The van der Waals surface area contributed by atoms with Crippen LogP contribution in [0.2, 0.25) is 0 Å². The summed E-state index contributed by atoms with van der Waals surface area (Å²) in [6.07, 6.45) is 7.81. The van der Waals surface area contributed by atoms with Crippen molar-refractivity contribution >= 4 is 11.6 Å². The molecule has 0 aliphatic carbocycles. The Labute approximate surface area is 128 Å². The quantitative estimate of drug-likeness (QED) is 0.750. The Morgan fingerprint density at radius 1 is 1.19 bits per heavy atom. The highest BCUT2D eigenvalue weighted by Crippen LogP contribution is 2.18. The summed E-state index contributed by atoms with van der Waals surface area (Å²) in [6.45, 7) is 4.32. The van der Waals surface area contributed by atoms with Gasteiger partial charge in [0.1, 0.15) is 0 Å². The van der Waals surface area contributed by atoms with Gasteiger partial charge in [-0.1, -0.05) is 31.9 Å². The van der Waals surface area contributed by atoms with Gasteiger partial charge in [-0.3, -0.25) is 4.79 Å². The van der Waals surface area contributed by atoms with Gasteiger partial charge in [0.05, 0.1) is 0 Å². The van der Waals surface area contributed by atoms with Gasteiger partial charge in [0.15, 0.2) is 0 Å². The zero-order valence-corrected chi connectivity index (χ0v) is 13.2. The van der Waals surface area contributed by atoms with E-state index in [9.17, 15) is 4.79 Å². The molecular weight excluding hydrogens is 260 g/mol. The van der Waals surface area contributed by atoms with Gasteiger partial charge in [-0.25, -0.2) is 0 Å². The number of amides is 1. The first-order chi connectivity index (χ1) is 10.3. The van der Waals surface area contributed by atoms with Crippen molar-refractivity contribution in [3.05, 3.63) is 29.8 Å². The third-order valence-corrected chi connectivity index (χ3v) is 4.24. The first-order valence-electron chi connectivity index (χ1n) is 8.37. The fraction of sp³-hybridized carbons (Fsp3) is 0.611. The van der Waals surface area contributed by atoms with Crippen molar-refractivity contribution in [2.75, 3.05) is 18.4 Å². The van der Waals surface area contributed by atoms with Crippen LogP contribution in [0.1, 0.15) is 51.0 Å². The molecule has 1 aromatic carbocycles. The smallest absolute Gasteiger partial charge is 0.224 e. The highest BCUT2D eigenvalue weighted by Gasteiger charge is 2.16. The Balaban J connectivity index is 1.75. The first-order valence-corrected chi connectivity index (χ1v) is 8.37. The van der Waals surface area contributed by atoms with Crippen molar-refractivity contribution in [1.29, 1.82) is 0 Å². The minimum atomic E-state index is 0.153. The lowest BCUT2D eigenvalue weighted by Gasteiger charge is -2.21. The zero-order chi connectivity index (χ0) is 14.9. The minimum Gasteiger partial charge on any atom is -0.326 e. The predicted octanol–water partition coefficient (Wildman–Crippen LogP) is 3.75. The van der Waals surface area contributed by atoms with E-state index in [1.807, 2.05) is 12.1 Å². The maximum absolute atomic E-state index is 12.0. The maximum atomic E-state index is 12.0. The van der Waals surface area contributed by atoms with Crippen molar-refractivity contribution in [3.8, 4) is 0 Å². The van der Waals surface area contributed by atoms with Crippen LogP contribution in [-0.4, -0.2) is 19.0 Å². The lowest BCUT2D eigenvalue weighted by atomic mass is 9.94. The van der Waals surface area contributed by atoms with E-state index in [1.165, 1.54) is 24.8 Å².